The van der Waals surface area contributed by atoms with Crippen molar-refractivity contribution in [3.05, 3.63) is 95.3 Å². The standard InChI is InChI=1S/C24H20N4O2/c1-16-12-21(17(2)28(16)20-10-8-18(13-25)9-11-20)24(29)27-15-23-26-14-22(30-23)19-6-4-3-5-7-19/h3-12,14H,15H2,1-2H3,(H,27,29). The Labute approximate surface area is 174 Å². The van der Waals surface area contributed by atoms with Crippen molar-refractivity contribution in [1.29, 1.82) is 5.26 Å². The molecule has 2 heterocycles. The van der Waals surface area contributed by atoms with Crippen LogP contribution in [0.5, 0.6) is 0 Å². The Morgan fingerprint density at radius 1 is 1.13 bits per heavy atom. The zero-order chi connectivity index (χ0) is 21.1. The van der Waals surface area contributed by atoms with Gasteiger partial charge in [0.2, 0.25) is 5.89 Å². The molecule has 6 heteroatoms. The predicted molar refractivity (Wildman–Crippen MR) is 113 cm³/mol. The molecule has 0 spiro atoms. The SMILES string of the molecule is Cc1cc(C(=O)NCc2ncc(-c3ccccc3)o2)c(C)n1-c1ccc(C#N)cc1. The molecule has 0 saturated carbocycles. The number of benzene rings is 2. The number of hydrogen-bond acceptors (Lipinski definition) is 4. The smallest absolute Gasteiger partial charge is 0.253 e. The van der Waals surface area contributed by atoms with Crippen molar-refractivity contribution >= 4 is 5.91 Å². The lowest BCUT2D eigenvalue weighted by atomic mass is 10.2. The average Bonchev–Trinajstić information content (AvgIpc) is 3.37. The third-order valence-electron chi connectivity index (χ3n) is 4.94. The second kappa shape index (κ2) is 8.10. The Balaban J connectivity index is 1.49. The summed E-state index contributed by atoms with van der Waals surface area (Å²) in [5.41, 5.74) is 4.79. The summed E-state index contributed by atoms with van der Waals surface area (Å²) in [6.45, 7) is 4.05. The van der Waals surface area contributed by atoms with E-state index in [1.807, 2.05) is 66.9 Å². The molecule has 4 rings (SSSR count). The number of nitrogens with zero attached hydrogens (tertiary/aromatic N) is 3. The minimum absolute atomic E-state index is 0.192. The fourth-order valence-electron chi connectivity index (χ4n) is 3.45. The lowest BCUT2D eigenvalue weighted by Gasteiger charge is -2.10. The number of aryl methyl sites for hydroxylation is 1. The van der Waals surface area contributed by atoms with Crippen LogP contribution in [0.2, 0.25) is 0 Å². The minimum atomic E-state index is -0.192. The van der Waals surface area contributed by atoms with Crippen LogP contribution in [0.1, 0.15) is 33.2 Å². The van der Waals surface area contributed by atoms with Crippen LogP contribution >= 0.6 is 0 Å². The molecular weight excluding hydrogens is 376 g/mol. The van der Waals surface area contributed by atoms with E-state index in [0.29, 0.717) is 22.8 Å². The first kappa shape index (κ1) is 19.2. The van der Waals surface area contributed by atoms with E-state index in [9.17, 15) is 4.79 Å². The molecular formula is C24H20N4O2. The van der Waals surface area contributed by atoms with Crippen LogP contribution in [0.25, 0.3) is 17.0 Å². The van der Waals surface area contributed by atoms with E-state index in [1.165, 1.54) is 0 Å². The highest BCUT2D eigenvalue weighted by Gasteiger charge is 2.17. The van der Waals surface area contributed by atoms with Gasteiger partial charge in [-0.05, 0) is 44.2 Å². The summed E-state index contributed by atoms with van der Waals surface area (Å²) in [6, 6.07) is 20.9. The molecule has 0 radical (unpaired) electrons. The average molecular weight is 396 g/mol. The molecule has 0 saturated heterocycles. The second-order valence-electron chi connectivity index (χ2n) is 6.95. The van der Waals surface area contributed by atoms with E-state index in [-0.39, 0.29) is 12.5 Å². The van der Waals surface area contributed by atoms with Gasteiger partial charge in [0.25, 0.3) is 5.91 Å². The molecule has 0 aliphatic heterocycles. The highest BCUT2D eigenvalue weighted by atomic mass is 16.4. The van der Waals surface area contributed by atoms with Crippen LogP contribution in [0.15, 0.2) is 71.3 Å². The maximum atomic E-state index is 12.8. The molecule has 0 bridgehead atoms. The van der Waals surface area contributed by atoms with E-state index >= 15 is 0 Å². The van der Waals surface area contributed by atoms with Crippen LogP contribution < -0.4 is 5.32 Å². The number of nitrogens with one attached hydrogen (secondary N) is 1. The molecule has 0 atom stereocenters. The maximum absolute atomic E-state index is 12.8. The highest BCUT2D eigenvalue weighted by molar-refractivity contribution is 5.95. The summed E-state index contributed by atoms with van der Waals surface area (Å²) in [6.07, 6.45) is 1.66. The number of hydrogen-bond donors (Lipinski definition) is 1. The molecule has 30 heavy (non-hydrogen) atoms. The number of rotatable bonds is 5. The van der Waals surface area contributed by atoms with Gasteiger partial charge in [0.1, 0.15) is 0 Å². The minimum Gasteiger partial charge on any atom is -0.439 e. The van der Waals surface area contributed by atoms with Crippen molar-refractivity contribution in [1.82, 2.24) is 14.9 Å². The Morgan fingerprint density at radius 3 is 2.57 bits per heavy atom. The molecule has 1 amide bonds. The molecule has 0 fully saturated rings. The second-order valence-corrected chi connectivity index (χ2v) is 6.95. The van der Waals surface area contributed by atoms with Gasteiger partial charge in [-0.2, -0.15) is 5.26 Å². The van der Waals surface area contributed by atoms with Gasteiger partial charge in [-0.25, -0.2) is 4.98 Å². The summed E-state index contributed by atoms with van der Waals surface area (Å²) in [4.78, 5) is 17.0. The summed E-state index contributed by atoms with van der Waals surface area (Å²) in [5.74, 6) is 0.921. The number of oxazole rings is 1. The van der Waals surface area contributed by atoms with E-state index in [0.717, 1.165) is 22.6 Å². The molecule has 148 valence electrons. The van der Waals surface area contributed by atoms with Gasteiger partial charge in [-0.15, -0.1) is 0 Å². The van der Waals surface area contributed by atoms with Crippen LogP contribution in [0, 0.1) is 25.2 Å². The fourth-order valence-corrected chi connectivity index (χ4v) is 3.45. The van der Waals surface area contributed by atoms with Crippen LogP contribution in [0.4, 0.5) is 0 Å². The van der Waals surface area contributed by atoms with Gasteiger partial charge in [0, 0.05) is 22.6 Å². The molecule has 0 unspecified atom stereocenters. The Hall–Kier alpha value is -4.11. The number of carbonyl (C=O) groups excluding carboxylic acids is 1. The van der Waals surface area contributed by atoms with Crippen molar-refractivity contribution in [2.24, 2.45) is 0 Å². The van der Waals surface area contributed by atoms with E-state index in [1.54, 1.807) is 18.3 Å². The normalized spacial score (nSPS) is 10.6. The lowest BCUT2D eigenvalue weighted by Crippen LogP contribution is -2.23. The third kappa shape index (κ3) is 3.74. The zero-order valence-corrected chi connectivity index (χ0v) is 16.7. The Kier molecular flexibility index (Phi) is 5.19. The Morgan fingerprint density at radius 2 is 1.87 bits per heavy atom. The van der Waals surface area contributed by atoms with Crippen LogP contribution in [-0.2, 0) is 6.54 Å². The van der Waals surface area contributed by atoms with Gasteiger partial charge in [0.15, 0.2) is 5.76 Å². The Bertz CT molecular complexity index is 1230. The highest BCUT2D eigenvalue weighted by Crippen LogP contribution is 2.22. The zero-order valence-electron chi connectivity index (χ0n) is 16.7. The number of aromatic nitrogens is 2. The number of amides is 1. The summed E-state index contributed by atoms with van der Waals surface area (Å²) in [5, 5.41) is 11.9. The van der Waals surface area contributed by atoms with E-state index < -0.39 is 0 Å². The first-order chi connectivity index (χ1) is 14.6. The summed E-state index contributed by atoms with van der Waals surface area (Å²) in [7, 11) is 0. The van der Waals surface area contributed by atoms with Crippen molar-refractivity contribution in [2.75, 3.05) is 0 Å². The largest absolute Gasteiger partial charge is 0.439 e. The molecule has 4 aromatic rings. The van der Waals surface area contributed by atoms with Crippen LogP contribution in [-0.4, -0.2) is 15.5 Å². The van der Waals surface area contributed by atoms with E-state index in [2.05, 4.69) is 16.4 Å². The van der Waals surface area contributed by atoms with Gasteiger partial charge in [-0.3, -0.25) is 4.79 Å². The predicted octanol–water partition coefficient (Wildman–Crippen LogP) is 4.55. The fraction of sp³-hybridized carbons (Fsp3) is 0.125. The maximum Gasteiger partial charge on any atom is 0.253 e. The molecule has 2 aromatic carbocycles. The van der Waals surface area contributed by atoms with Crippen molar-refractivity contribution in [2.45, 2.75) is 20.4 Å². The molecule has 0 aliphatic carbocycles. The van der Waals surface area contributed by atoms with Crippen molar-refractivity contribution < 1.29 is 9.21 Å². The molecule has 6 nitrogen and oxygen atoms in total. The van der Waals surface area contributed by atoms with Crippen molar-refractivity contribution in [3.8, 4) is 23.1 Å². The summed E-state index contributed by atoms with van der Waals surface area (Å²) < 4.78 is 7.74. The molecule has 0 aliphatic rings. The lowest BCUT2D eigenvalue weighted by molar-refractivity contribution is 0.0946. The molecule has 2 aromatic heterocycles. The molecule has 1 N–H and O–H groups in total. The first-order valence-electron chi connectivity index (χ1n) is 9.54. The van der Waals surface area contributed by atoms with Crippen LogP contribution in [0.3, 0.4) is 0 Å². The topological polar surface area (TPSA) is 83.8 Å². The summed E-state index contributed by atoms with van der Waals surface area (Å²) >= 11 is 0. The van der Waals surface area contributed by atoms with Gasteiger partial charge < -0.3 is 14.3 Å². The van der Waals surface area contributed by atoms with Gasteiger partial charge in [0.05, 0.1) is 29.9 Å². The number of carbonyl (C=O) groups is 1. The van der Waals surface area contributed by atoms with Crippen molar-refractivity contribution in [3.63, 3.8) is 0 Å². The third-order valence-corrected chi connectivity index (χ3v) is 4.94. The monoisotopic (exact) mass is 396 g/mol. The number of nitriles is 1. The van der Waals surface area contributed by atoms with Gasteiger partial charge >= 0.3 is 0 Å². The first-order valence-corrected chi connectivity index (χ1v) is 9.54. The quantitative estimate of drug-likeness (QED) is 0.536. The van der Waals surface area contributed by atoms with E-state index in [4.69, 9.17) is 9.68 Å². The van der Waals surface area contributed by atoms with Gasteiger partial charge in [-0.1, -0.05) is 30.3 Å².